The normalized spacial score (nSPS) is 15.9. The standard InChI is InChI=1S/C14H20N2O3/c1-16(11(8-15)9-6-7-9)14(18)10-4-3-5-12(19-2)13(10)17/h3-5,9,11,17H,6-8,15H2,1-2H3. The highest BCUT2D eigenvalue weighted by atomic mass is 16.5. The van der Waals surface area contributed by atoms with Crippen LogP contribution in [0.4, 0.5) is 0 Å². The number of phenolic OH excluding ortho intramolecular Hbond substituents is 1. The van der Waals surface area contributed by atoms with Crippen LogP contribution in [0.15, 0.2) is 18.2 Å². The predicted molar refractivity (Wildman–Crippen MR) is 72.3 cm³/mol. The zero-order chi connectivity index (χ0) is 14.0. The van der Waals surface area contributed by atoms with Gasteiger partial charge in [0.05, 0.1) is 12.7 Å². The fourth-order valence-electron chi connectivity index (χ4n) is 2.35. The number of benzene rings is 1. The number of rotatable bonds is 5. The summed E-state index contributed by atoms with van der Waals surface area (Å²) in [7, 11) is 3.19. The minimum absolute atomic E-state index is 0.0399. The van der Waals surface area contributed by atoms with Crippen LogP contribution in [0, 0.1) is 5.92 Å². The molecule has 0 bridgehead atoms. The Labute approximate surface area is 113 Å². The summed E-state index contributed by atoms with van der Waals surface area (Å²) in [6.45, 7) is 0.442. The molecule has 0 spiro atoms. The van der Waals surface area contributed by atoms with Gasteiger partial charge in [-0.3, -0.25) is 4.79 Å². The second kappa shape index (κ2) is 5.48. The zero-order valence-corrected chi connectivity index (χ0v) is 11.3. The molecule has 0 aliphatic heterocycles. The Hall–Kier alpha value is -1.75. The van der Waals surface area contributed by atoms with Gasteiger partial charge in [0.2, 0.25) is 0 Å². The van der Waals surface area contributed by atoms with Gasteiger partial charge in [0, 0.05) is 19.6 Å². The molecule has 1 aliphatic carbocycles. The summed E-state index contributed by atoms with van der Waals surface area (Å²) in [5, 5.41) is 10.0. The van der Waals surface area contributed by atoms with Crippen molar-refractivity contribution in [1.29, 1.82) is 0 Å². The number of phenols is 1. The van der Waals surface area contributed by atoms with Gasteiger partial charge in [0.1, 0.15) is 0 Å². The van der Waals surface area contributed by atoms with Gasteiger partial charge >= 0.3 is 0 Å². The Morgan fingerprint density at radius 3 is 2.79 bits per heavy atom. The third-order valence-electron chi connectivity index (χ3n) is 3.67. The first-order chi connectivity index (χ1) is 9.10. The first-order valence-corrected chi connectivity index (χ1v) is 6.43. The summed E-state index contributed by atoms with van der Waals surface area (Å²) in [4.78, 5) is 14.1. The van der Waals surface area contributed by atoms with Crippen LogP contribution in [-0.4, -0.2) is 42.7 Å². The van der Waals surface area contributed by atoms with Crippen LogP contribution in [0.25, 0.3) is 0 Å². The molecular formula is C14H20N2O3. The van der Waals surface area contributed by atoms with Gasteiger partial charge in [-0.15, -0.1) is 0 Å². The Balaban J connectivity index is 2.23. The van der Waals surface area contributed by atoms with E-state index in [1.807, 2.05) is 0 Å². The highest BCUT2D eigenvalue weighted by Gasteiger charge is 2.35. The highest BCUT2D eigenvalue weighted by molar-refractivity contribution is 5.97. The molecule has 1 amide bonds. The molecule has 1 unspecified atom stereocenters. The van der Waals surface area contributed by atoms with E-state index in [0.717, 1.165) is 12.8 Å². The molecule has 3 N–H and O–H groups in total. The Bertz CT molecular complexity index is 472. The number of hydrogen-bond donors (Lipinski definition) is 2. The molecule has 0 aromatic heterocycles. The van der Waals surface area contributed by atoms with Crippen molar-refractivity contribution in [3.63, 3.8) is 0 Å². The van der Waals surface area contributed by atoms with Crippen molar-refractivity contribution >= 4 is 5.91 Å². The number of carbonyl (C=O) groups excluding carboxylic acids is 1. The van der Waals surface area contributed by atoms with Gasteiger partial charge in [-0.2, -0.15) is 0 Å². The summed E-state index contributed by atoms with van der Waals surface area (Å²) >= 11 is 0. The van der Waals surface area contributed by atoms with Gasteiger partial charge in [-0.05, 0) is 30.9 Å². The number of methoxy groups -OCH3 is 1. The second-order valence-corrected chi connectivity index (χ2v) is 4.91. The van der Waals surface area contributed by atoms with Gasteiger partial charge in [-0.1, -0.05) is 6.07 Å². The number of aromatic hydroxyl groups is 1. The van der Waals surface area contributed by atoms with E-state index < -0.39 is 0 Å². The molecule has 0 saturated heterocycles. The molecule has 0 heterocycles. The first kappa shape index (κ1) is 13.7. The van der Waals surface area contributed by atoms with Gasteiger partial charge in [0.25, 0.3) is 5.91 Å². The van der Waals surface area contributed by atoms with Crippen molar-refractivity contribution in [2.75, 3.05) is 20.7 Å². The van der Waals surface area contributed by atoms with E-state index in [0.29, 0.717) is 18.2 Å². The minimum Gasteiger partial charge on any atom is -0.504 e. The SMILES string of the molecule is COc1cccc(C(=O)N(C)C(CN)C2CC2)c1O. The van der Waals surface area contributed by atoms with Crippen LogP contribution in [0.5, 0.6) is 11.5 Å². The number of ether oxygens (including phenoxy) is 1. The lowest BCUT2D eigenvalue weighted by Crippen LogP contribution is -2.43. The average Bonchev–Trinajstić information content (AvgIpc) is 3.23. The van der Waals surface area contributed by atoms with Crippen LogP contribution in [0.2, 0.25) is 0 Å². The molecular weight excluding hydrogens is 244 g/mol. The number of carbonyl (C=O) groups is 1. The monoisotopic (exact) mass is 264 g/mol. The highest BCUT2D eigenvalue weighted by Crippen LogP contribution is 2.36. The topological polar surface area (TPSA) is 75.8 Å². The van der Waals surface area contributed by atoms with E-state index in [1.54, 1.807) is 30.1 Å². The molecule has 5 nitrogen and oxygen atoms in total. The molecule has 1 saturated carbocycles. The molecule has 5 heteroatoms. The Morgan fingerprint density at radius 2 is 2.26 bits per heavy atom. The fraction of sp³-hybridized carbons (Fsp3) is 0.500. The van der Waals surface area contributed by atoms with Crippen LogP contribution in [0.1, 0.15) is 23.2 Å². The van der Waals surface area contributed by atoms with Crippen molar-refractivity contribution in [1.82, 2.24) is 4.90 Å². The minimum atomic E-state index is -0.223. The molecule has 2 rings (SSSR count). The van der Waals surface area contributed by atoms with Crippen molar-refractivity contribution in [2.24, 2.45) is 11.7 Å². The van der Waals surface area contributed by atoms with Crippen LogP contribution in [0.3, 0.4) is 0 Å². The van der Waals surface area contributed by atoms with Crippen LogP contribution >= 0.6 is 0 Å². The van der Waals surface area contributed by atoms with Gasteiger partial charge in [0.15, 0.2) is 11.5 Å². The maximum absolute atomic E-state index is 12.4. The van der Waals surface area contributed by atoms with Gasteiger partial charge < -0.3 is 20.5 Å². The van der Waals surface area contributed by atoms with E-state index in [2.05, 4.69) is 0 Å². The van der Waals surface area contributed by atoms with E-state index in [1.165, 1.54) is 7.11 Å². The van der Waals surface area contributed by atoms with E-state index in [9.17, 15) is 9.90 Å². The number of amides is 1. The summed E-state index contributed by atoms with van der Waals surface area (Å²) in [5.74, 6) is 0.453. The molecule has 1 aliphatic rings. The maximum Gasteiger partial charge on any atom is 0.257 e. The molecule has 0 radical (unpaired) electrons. The largest absolute Gasteiger partial charge is 0.504 e. The molecule has 104 valence electrons. The lowest BCUT2D eigenvalue weighted by molar-refractivity contribution is 0.0715. The molecule has 19 heavy (non-hydrogen) atoms. The van der Waals surface area contributed by atoms with Crippen molar-refractivity contribution in [3.8, 4) is 11.5 Å². The number of para-hydroxylation sites is 1. The summed E-state index contributed by atoms with van der Waals surface area (Å²) in [5.41, 5.74) is 5.99. The predicted octanol–water partition coefficient (Wildman–Crippen LogP) is 1.21. The van der Waals surface area contributed by atoms with E-state index in [4.69, 9.17) is 10.5 Å². The lowest BCUT2D eigenvalue weighted by Gasteiger charge is -2.27. The first-order valence-electron chi connectivity index (χ1n) is 6.43. The third kappa shape index (κ3) is 2.66. The van der Waals surface area contributed by atoms with E-state index >= 15 is 0 Å². The van der Waals surface area contributed by atoms with Crippen molar-refractivity contribution in [2.45, 2.75) is 18.9 Å². The Morgan fingerprint density at radius 1 is 1.58 bits per heavy atom. The molecule has 1 aromatic carbocycles. The second-order valence-electron chi connectivity index (χ2n) is 4.91. The molecule has 1 aromatic rings. The zero-order valence-electron chi connectivity index (χ0n) is 11.3. The quantitative estimate of drug-likeness (QED) is 0.838. The van der Waals surface area contributed by atoms with Crippen LogP contribution < -0.4 is 10.5 Å². The Kier molecular flexibility index (Phi) is 3.95. The third-order valence-corrected chi connectivity index (χ3v) is 3.67. The lowest BCUT2D eigenvalue weighted by atomic mass is 10.1. The van der Waals surface area contributed by atoms with Crippen molar-refractivity contribution < 1.29 is 14.6 Å². The van der Waals surface area contributed by atoms with Gasteiger partial charge in [-0.25, -0.2) is 0 Å². The molecule has 1 fully saturated rings. The fourth-order valence-corrected chi connectivity index (χ4v) is 2.35. The van der Waals surface area contributed by atoms with Crippen molar-refractivity contribution in [3.05, 3.63) is 23.8 Å². The number of nitrogens with zero attached hydrogens (tertiary/aromatic N) is 1. The average molecular weight is 264 g/mol. The molecule has 1 atom stereocenters. The number of likely N-dealkylation sites (N-methyl/N-ethyl adjacent to an activating group) is 1. The van der Waals surface area contributed by atoms with Crippen LogP contribution in [-0.2, 0) is 0 Å². The summed E-state index contributed by atoms with van der Waals surface area (Å²) in [6.07, 6.45) is 2.23. The summed E-state index contributed by atoms with van der Waals surface area (Å²) < 4.78 is 5.02. The summed E-state index contributed by atoms with van der Waals surface area (Å²) in [6, 6.07) is 4.94. The number of nitrogens with two attached hydrogens (primary N) is 1. The smallest absolute Gasteiger partial charge is 0.257 e. The number of hydrogen-bond acceptors (Lipinski definition) is 4. The van der Waals surface area contributed by atoms with E-state index in [-0.39, 0.29) is 23.3 Å². The maximum atomic E-state index is 12.4.